The van der Waals surface area contributed by atoms with Gasteiger partial charge in [-0.25, -0.2) is 0 Å². The van der Waals surface area contributed by atoms with E-state index in [0.717, 1.165) is 13.0 Å². The van der Waals surface area contributed by atoms with E-state index in [4.69, 9.17) is 0 Å². The van der Waals surface area contributed by atoms with Gasteiger partial charge in [0.05, 0.1) is 0 Å². The average molecular weight is 260 g/mol. The molecule has 0 spiro atoms. The Kier molecular flexibility index (Phi) is 7.32. The minimum absolute atomic E-state index is 0.308. The third-order valence-electron chi connectivity index (χ3n) is 3.66. The zero-order valence-electron chi connectivity index (χ0n) is 11.5. The van der Waals surface area contributed by atoms with Gasteiger partial charge in [-0.3, -0.25) is 4.21 Å². The molecule has 0 saturated carbocycles. The van der Waals surface area contributed by atoms with Crippen molar-refractivity contribution in [2.24, 2.45) is 0 Å². The SMILES string of the molecule is CC(CC1CCCCN1)NCCC(C)S(C)=O. The van der Waals surface area contributed by atoms with E-state index < -0.39 is 10.8 Å². The summed E-state index contributed by atoms with van der Waals surface area (Å²) >= 11 is 0. The highest BCUT2D eigenvalue weighted by atomic mass is 32.2. The molecule has 2 N–H and O–H groups in total. The molecule has 1 aliphatic heterocycles. The molecule has 1 rings (SSSR count). The first-order valence-corrected chi connectivity index (χ1v) is 8.50. The average Bonchev–Trinajstić information content (AvgIpc) is 2.30. The van der Waals surface area contributed by atoms with Crippen LogP contribution in [0.4, 0.5) is 0 Å². The second-order valence-electron chi connectivity index (χ2n) is 5.34. The van der Waals surface area contributed by atoms with Crippen LogP contribution in [0.1, 0.15) is 46.0 Å². The van der Waals surface area contributed by atoms with E-state index in [0.29, 0.717) is 17.3 Å². The van der Waals surface area contributed by atoms with Crippen molar-refractivity contribution in [2.75, 3.05) is 19.3 Å². The summed E-state index contributed by atoms with van der Waals surface area (Å²) in [5, 5.41) is 7.43. The van der Waals surface area contributed by atoms with E-state index in [1.807, 2.05) is 0 Å². The number of nitrogens with one attached hydrogen (secondary N) is 2. The van der Waals surface area contributed by atoms with Gasteiger partial charge < -0.3 is 10.6 Å². The molecule has 1 heterocycles. The van der Waals surface area contributed by atoms with Crippen LogP contribution in [0.15, 0.2) is 0 Å². The molecular weight excluding hydrogens is 232 g/mol. The lowest BCUT2D eigenvalue weighted by molar-refractivity contribution is 0.344. The molecule has 0 aromatic heterocycles. The van der Waals surface area contributed by atoms with Crippen LogP contribution < -0.4 is 10.6 Å². The Morgan fingerprint density at radius 2 is 2.18 bits per heavy atom. The van der Waals surface area contributed by atoms with Crippen LogP contribution in [0.25, 0.3) is 0 Å². The maximum absolute atomic E-state index is 11.2. The normalized spacial score (nSPS) is 26.4. The number of hydrogen-bond donors (Lipinski definition) is 2. The van der Waals surface area contributed by atoms with Gasteiger partial charge in [-0.2, -0.15) is 0 Å². The summed E-state index contributed by atoms with van der Waals surface area (Å²) in [6.45, 7) is 6.48. The highest BCUT2D eigenvalue weighted by Gasteiger charge is 2.15. The first-order valence-electron chi connectivity index (χ1n) is 6.88. The van der Waals surface area contributed by atoms with Crippen molar-refractivity contribution >= 4 is 10.8 Å². The number of piperidine rings is 1. The molecule has 4 unspecified atom stereocenters. The van der Waals surface area contributed by atoms with Crippen LogP contribution in [0.2, 0.25) is 0 Å². The van der Waals surface area contributed by atoms with E-state index in [-0.39, 0.29) is 0 Å². The Balaban J connectivity index is 2.08. The van der Waals surface area contributed by atoms with Crippen molar-refractivity contribution < 1.29 is 4.21 Å². The Bertz CT molecular complexity index is 229. The molecule has 17 heavy (non-hydrogen) atoms. The van der Waals surface area contributed by atoms with Gasteiger partial charge in [0.2, 0.25) is 0 Å². The second-order valence-corrected chi connectivity index (χ2v) is 7.14. The number of rotatable bonds is 7. The first-order chi connectivity index (χ1) is 8.09. The summed E-state index contributed by atoms with van der Waals surface area (Å²) in [4.78, 5) is 0. The van der Waals surface area contributed by atoms with E-state index in [1.54, 1.807) is 6.26 Å². The maximum atomic E-state index is 11.2. The summed E-state index contributed by atoms with van der Waals surface area (Å²) in [7, 11) is -0.684. The molecule has 1 fully saturated rings. The van der Waals surface area contributed by atoms with E-state index >= 15 is 0 Å². The lowest BCUT2D eigenvalue weighted by Crippen LogP contribution is -2.40. The molecule has 0 bridgehead atoms. The van der Waals surface area contributed by atoms with Crippen molar-refractivity contribution in [1.29, 1.82) is 0 Å². The zero-order valence-corrected chi connectivity index (χ0v) is 12.3. The van der Waals surface area contributed by atoms with Crippen LogP contribution in [-0.2, 0) is 10.8 Å². The highest BCUT2D eigenvalue weighted by Crippen LogP contribution is 2.11. The van der Waals surface area contributed by atoms with Crippen molar-refractivity contribution in [3.05, 3.63) is 0 Å². The van der Waals surface area contributed by atoms with Gasteiger partial charge in [0.15, 0.2) is 0 Å². The zero-order chi connectivity index (χ0) is 12.7. The summed E-state index contributed by atoms with van der Waals surface area (Å²) in [6.07, 6.45) is 8.03. The smallest absolute Gasteiger partial charge is 0.0329 e. The summed E-state index contributed by atoms with van der Waals surface area (Å²) in [6, 6.07) is 1.26. The standard InChI is InChI=1S/C13H28N2OS/c1-11(10-13-6-4-5-8-15-13)14-9-7-12(2)17(3)16/h11-15H,4-10H2,1-3H3. The topological polar surface area (TPSA) is 41.1 Å². The Hall–Kier alpha value is 0.0700. The molecule has 4 heteroatoms. The largest absolute Gasteiger partial charge is 0.314 e. The third kappa shape index (κ3) is 6.53. The van der Waals surface area contributed by atoms with Gasteiger partial charge in [0.25, 0.3) is 0 Å². The minimum Gasteiger partial charge on any atom is -0.314 e. The van der Waals surface area contributed by atoms with E-state index in [1.165, 1.54) is 32.2 Å². The van der Waals surface area contributed by atoms with Crippen LogP contribution in [-0.4, -0.2) is 40.9 Å². The lowest BCUT2D eigenvalue weighted by atomic mass is 9.99. The molecule has 0 aliphatic carbocycles. The molecule has 0 aromatic carbocycles. The van der Waals surface area contributed by atoms with Crippen molar-refractivity contribution in [1.82, 2.24) is 10.6 Å². The van der Waals surface area contributed by atoms with Gasteiger partial charge >= 0.3 is 0 Å². The highest BCUT2D eigenvalue weighted by molar-refractivity contribution is 7.84. The van der Waals surface area contributed by atoms with Crippen molar-refractivity contribution in [3.8, 4) is 0 Å². The molecule has 1 aliphatic rings. The monoisotopic (exact) mass is 260 g/mol. The molecular formula is C13H28N2OS. The molecule has 0 radical (unpaired) electrons. The predicted molar refractivity (Wildman–Crippen MR) is 75.9 cm³/mol. The van der Waals surface area contributed by atoms with Gasteiger partial charge in [0.1, 0.15) is 0 Å². The van der Waals surface area contributed by atoms with Crippen LogP contribution in [0, 0.1) is 0 Å². The summed E-state index contributed by atoms with van der Waals surface area (Å²) in [5.74, 6) is 0. The predicted octanol–water partition coefficient (Wildman–Crippen LogP) is 1.65. The Labute approximate surface area is 109 Å². The van der Waals surface area contributed by atoms with Gasteiger partial charge in [-0.1, -0.05) is 13.3 Å². The van der Waals surface area contributed by atoms with E-state index in [9.17, 15) is 4.21 Å². The summed E-state index contributed by atoms with van der Waals surface area (Å²) < 4.78 is 11.2. The third-order valence-corrected chi connectivity index (χ3v) is 5.03. The fourth-order valence-electron chi connectivity index (χ4n) is 2.33. The molecule has 0 amide bonds. The van der Waals surface area contributed by atoms with Gasteiger partial charge in [0, 0.05) is 34.4 Å². The minimum atomic E-state index is -0.684. The quantitative estimate of drug-likeness (QED) is 0.731. The number of hydrogen-bond acceptors (Lipinski definition) is 3. The molecule has 4 atom stereocenters. The molecule has 3 nitrogen and oxygen atoms in total. The fourth-order valence-corrected chi connectivity index (χ4v) is 2.78. The van der Waals surface area contributed by atoms with Crippen LogP contribution >= 0.6 is 0 Å². The fraction of sp³-hybridized carbons (Fsp3) is 1.00. The van der Waals surface area contributed by atoms with Crippen LogP contribution in [0.3, 0.4) is 0 Å². The Morgan fingerprint density at radius 3 is 2.76 bits per heavy atom. The molecule has 102 valence electrons. The van der Waals surface area contributed by atoms with Gasteiger partial charge in [-0.05, 0) is 45.7 Å². The molecule has 0 aromatic rings. The molecule has 1 saturated heterocycles. The second kappa shape index (κ2) is 8.22. The van der Waals surface area contributed by atoms with E-state index in [2.05, 4.69) is 24.5 Å². The maximum Gasteiger partial charge on any atom is 0.0329 e. The summed E-state index contributed by atoms with van der Waals surface area (Å²) in [5.41, 5.74) is 0. The Morgan fingerprint density at radius 1 is 1.41 bits per heavy atom. The first kappa shape index (κ1) is 15.1. The lowest BCUT2D eigenvalue weighted by Gasteiger charge is -2.26. The van der Waals surface area contributed by atoms with Crippen molar-refractivity contribution in [2.45, 2.75) is 63.3 Å². The van der Waals surface area contributed by atoms with Crippen LogP contribution in [0.5, 0.6) is 0 Å². The van der Waals surface area contributed by atoms with Crippen molar-refractivity contribution in [3.63, 3.8) is 0 Å². The van der Waals surface area contributed by atoms with Gasteiger partial charge in [-0.15, -0.1) is 0 Å².